The third kappa shape index (κ3) is 1.59. The van der Waals surface area contributed by atoms with Crippen molar-refractivity contribution in [3.8, 4) is 0 Å². The van der Waals surface area contributed by atoms with E-state index in [0.29, 0.717) is 17.7 Å². The van der Waals surface area contributed by atoms with Crippen molar-refractivity contribution >= 4 is 17.9 Å². The molecule has 0 aliphatic carbocycles. The van der Waals surface area contributed by atoms with Gasteiger partial charge in [0, 0.05) is 14.1 Å². The summed E-state index contributed by atoms with van der Waals surface area (Å²) in [6, 6.07) is 0. The van der Waals surface area contributed by atoms with Gasteiger partial charge >= 0.3 is 5.69 Å². The molecule has 0 aliphatic heterocycles. The number of hydrogen-bond acceptors (Lipinski definition) is 4. The molecule has 0 amide bonds. The SMILES string of the molecule is C=NCCn1c(=O)c2c(ncn2C)n(C)c1=O. The van der Waals surface area contributed by atoms with E-state index in [1.165, 1.54) is 10.9 Å². The number of rotatable bonds is 3. The Kier molecular flexibility index (Phi) is 2.66. The lowest BCUT2D eigenvalue weighted by Crippen LogP contribution is -2.40. The molecule has 0 atom stereocenters. The molecule has 0 aromatic carbocycles. The van der Waals surface area contributed by atoms with Crippen LogP contribution in [0.1, 0.15) is 0 Å². The van der Waals surface area contributed by atoms with Gasteiger partial charge in [-0.2, -0.15) is 0 Å². The summed E-state index contributed by atoms with van der Waals surface area (Å²) in [5.74, 6) is 0. The first-order valence-corrected chi connectivity index (χ1v) is 5.11. The normalized spacial score (nSPS) is 10.9. The number of aromatic nitrogens is 4. The van der Waals surface area contributed by atoms with Crippen molar-refractivity contribution < 1.29 is 0 Å². The van der Waals surface area contributed by atoms with Crippen LogP contribution < -0.4 is 11.2 Å². The number of aliphatic imine (C=N–C) groups is 1. The molecule has 0 spiro atoms. The van der Waals surface area contributed by atoms with Crippen molar-refractivity contribution in [3.63, 3.8) is 0 Å². The smallest absolute Gasteiger partial charge is 0.328 e. The summed E-state index contributed by atoms with van der Waals surface area (Å²) in [7, 11) is 3.31. The van der Waals surface area contributed by atoms with Crippen molar-refractivity contribution in [1.82, 2.24) is 18.7 Å². The second-order valence-corrected chi connectivity index (χ2v) is 3.77. The van der Waals surface area contributed by atoms with Gasteiger partial charge in [0.1, 0.15) is 0 Å². The average Bonchev–Trinajstić information content (AvgIpc) is 2.69. The molecule has 7 nitrogen and oxygen atoms in total. The monoisotopic (exact) mass is 235 g/mol. The molecule has 0 unspecified atom stereocenters. The zero-order valence-corrected chi connectivity index (χ0v) is 9.75. The molecule has 17 heavy (non-hydrogen) atoms. The standard InChI is InChI=1S/C10H13N5O2/c1-11-4-5-15-9(16)7-8(12-6-13(7)2)14(3)10(15)17/h6H,1,4-5H2,2-3H3. The van der Waals surface area contributed by atoms with Gasteiger partial charge < -0.3 is 4.57 Å². The van der Waals surface area contributed by atoms with Crippen molar-refractivity contribution in [2.24, 2.45) is 19.1 Å². The third-order valence-corrected chi connectivity index (χ3v) is 2.68. The topological polar surface area (TPSA) is 74.2 Å². The van der Waals surface area contributed by atoms with Crippen LogP contribution >= 0.6 is 0 Å². The molecule has 90 valence electrons. The quantitative estimate of drug-likeness (QED) is 0.649. The Bertz CT molecular complexity index is 691. The van der Waals surface area contributed by atoms with E-state index in [2.05, 4.69) is 16.7 Å². The Labute approximate surface area is 96.7 Å². The summed E-state index contributed by atoms with van der Waals surface area (Å²) in [6.07, 6.45) is 1.52. The van der Waals surface area contributed by atoms with Gasteiger partial charge in [-0.1, -0.05) is 0 Å². The fourth-order valence-electron chi connectivity index (χ4n) is 1.76. The van der Waals surface area contributed by atoms with Crippen LogP contribution in [0.3, 0.4) is 0 Å². The van der Waals surface area contributed by atoms with Crippen LogP contribution in [0.2, 0.25) is 0 Å². The second-order valence-electron chi connectivity index (χ2n) is 3.77. The third-order valence-electron chi connectivity index (χ3n) is 2.68. The van der Waals surface area contributed by atoms with Gasteiger partial charge in [-0.3, -0.25) is 18.9 Å². The maximum atomic E-state index is 12.1. The number of imidazole rings is 1. The first-order valence-electron chi connectivity index (χ1n) is 5.11. The highest BCUT2D eigenvalue weighted by Gasteiger charge is 2.13. The summed E-state index contributed by atoms with van der Waals surface area (Å²) in [5, 5.41) is 0. The number of aryl methyl sites for hydroxylation is 2. The van der Waals surface area contributed by atoms with Crippen LogP contribution in [0, 0.1) is 0 Å². The summed E-state index contributed by atoms with van der Waals surface area (Å²) >= 11 is 0. The van der Waals surface area contributed by atoms with Gasteiger partial charge in [-0.05, 0) is 6.72 Å². The van der Waals surface area contributed by atoms with E-state index < -0.39 is 0 Å². The lowest BCUT2D eigenvalue weighted by Gasteiger charge is -2.06. The molecule has 0 radical (unpaired) electrons. The maximum Gasteiger partial charge on any atom is 0.332 e. The average molecular weight is 235 g/mol. The van der Waals surface area contributed by atoms with Crippen molar-refractivity contribution in [3.05, 3.63) is 27.2 Å². The molecule has 2 heterocycles. The lowest BCUT2D eigenvalue weighted by atomic mass is 10.5. The van der Waals surface area contributed by atoms with Gasteiger partial charge in [-0.25, -0.2) is 9.78 Å². The van der Waals surface area contributed by atoms with Crippen LogP contribution in [-0.4, -0.2) is 31.9 Å². The zero-order valence-electron chi connectivity index (χ0n) is 9.75. The van der Waals surface area contributed by atoms with E-state index in [-0.39, 0.29) is 17.8 Å². The molecule has 0 saturated carbocycles. The molecule has 0 saturated heterocycles. The Morgan fingerprint density at radius 3 is 2.76 bits per heavy atom. The van der Waals surface area contributed by atoms with Crippen molar-refractivity contribution in [2.45, 2.75) is 6.54 Å². The predicted molar refractivity (Wildman–Crippen MR) is 64.6 cm³/mol. The largest absolute Gasteiger partial charge is 0.332 e. The summed E-state index contributed by atoms with van der Waals surface area (Å²) in [4.78, 5) is 31.7. The van der Waals surface area contributed by atoms with Gasteiger partial charge in [0.2, 0.25) is 0 Å². The van der Waals surface area contributed by atoms with Crippen LogP contribution in [-0.2, 0) is 20.6 Å². The van der Waals surface area contributed by atoms with Crippen LogP contribution in [0.5, 0.6) is 0 Å². The fourth-order valence-corrected chi connectivity index (χ4v) is 1.76. The number of nitrogens with zero attached hydrogens (tertiary/aromatic N) is 5. The van der Waals surface area contributed by atoms with Crippen LogP contribution in [0.15, 0.2) is 20.9 Å². The lowest BCUT2D eigenvalue weighted by molar-refractivity contribution is 0.611. The predicted octanol–water partition coefficient (Wildman–Crippen LogP) is -0.866. The Hall–Kier alpha value is -2.18. The zero-order chi connectivity index (χ0) is 12.6. The summed E-state index contributed by atoms with van der Waals surface area (Å²) < 4.78 is 4.12. The van der Waals surface area contributed by atoms with E-state index in [9.17, 15) is 9.59 Å². The Morgan fingerprint density at radius 1 is 1.41 bits per heavy atom. The maximum absolute atomic E-state index is 12.1. The number of fused-ring (bicyclic) bond motifs is 1. The van der Waals surface area contributed by atoms with E-state index in [1.807, 2.05) is 0 Å². The molecular formula is C10H13N5O2. The van der Waals surface area contributed by atoms with E-state index >= 15 is 0 Å². The Balaban J connectivity index is 2.84. The fraction of sp³-hybridized carbons (Fsp3) is 0.400. The number of hydrogen-bond donors (Lipinski definition) is 0. The summed E-state index contributed by atoms with van der Waals surface area (Å²) in [6.45, 7) is 3.90. The molecule has 0 fully saturated rings. The van der Waals surface area contributed by atoms with Crippen LogP contribution in [0.4, 0.5) is 0 Å². The first kappa shape index (κ1) is 11.3. The molecule has 0 N–H and O–H groups in total. The highest BCUT2D eigenvalue weighted by atomic mass is 16.2. The molecule has 0 aliphatic rings. The highest BCUT2D eigenvalue weighted by molar-refractivity contribution is 5.69. The first-order chi connectivity index (χ1) is 8.07. The molecule has 2 rings (SSSR count). The molecule has 2 aromatic rings. The van der Waals surface area contributed by atoms with Crippen molar-refractivity contribution in [2.75, 3.05) is 6.54 Å². The molecular weight excluding hydrogens is 222 g/mol. The molecule has 0 bridgehead atoms. The van der Waals surface area contributed by atoms with Gasteiger partial charge in [0.25, 0.3) is 5.56 Å². The Morgan fingerprint density at radius 2 is 2.12 bits per heavy atom. The minimum Gasteiger partial charge on any atom is -0.328 e. The molecule has 7 heteroatoms. The van der Waals surface area contributed by atoms with E-state index in [1.54, 1.807) is 18.7 Å². The highest BCUT2D eigenvalue weighted by Crippen LogP contribution is 2.02. The van der Waals surface area contributed by atoms with E-state index in [0.717, 1.165) is 4.57 Å². The van der Waals surface area contributed by atoms with Crippen LogP contribution in [0.25, 0.3) is 11.2 Å². The second kappa shape index (κ2) is 4.00. The van der Waals surface area contributed by atoms with E-state index in [4.69, 9.17) is 0 Å². The molecule has 2 aromatic heterocycles. The van der Waals surface area contributed by atoms with Crippen molar-refractivity contribution in [1.29, 1.82) is 0 Å². The van der Waals surface area contributed by atoms with Gasteiger partial charge in [-0.15, -0.1) is 0 Å². The van der Waals surface area contributed by atoms with Gasteiger partial charge in [0.15, 0.2) is 11.2 Å². The van der Waals surface area contributed by atoms with Gasteiger partial charge in [0.05, 0.1) is 19.4 Å². The minimum atomic E-state index is -0.384. The summed E-state index contributed by atoms with van der Waals surface area (Å²) in [5.41, 5.74) is 0.0816. The minimum absolute atomic E-state index is 0.232.